The van der Waals surface area contributed by atoms with Gasteiger partial charge in [-0.05, 0) is 55.3 Å². The molecule has 0 bridgehead atoms. The maximum Gasteiger partial charge on any atom is 0.321 e. The fourth-order valence-electron chi connectivity index (χ4n) is 3.43. The van der Waals surface area contributed by atoms with Gasteiger partial charge in [-0.3, -0.25) is 0 Å². The minimum absolute atomic E-state index is 0.0609. The Labute approximate surface area is 181 Å². The van der Waals surface area contributed by atoms with Crippen molar-refractivity contribution in [1.82, 2.24) is 9.88 Å². The fraction of sp³-hybridized carbons (Fsp3) is 0.391. The number of carbonyl (C=O) groups is 1. The number of fused-ring (bicyclic) bond motifs is 1. The van der Waals surface area contributed by atoms with Crippen LogP contribution >= 0.6 is 11.3 Å². The number of piperazine rings is 1. The predicted octanol–water partition coefficient (Wildman–Crippen LogP) is 5.14. The van der Waals surface area contributed by atoms with E-state index in [1.54, 1.807) is 11.3 Å². The number of thiazole rings is 1. The number of hydrogen-bond acceptors (Lipinski definition) is 5. The standard InChI is InChI=1S/C23H28N4O2S/c1-3-4-15-29-19-8-6-18(7-9-19)24-22(28)26-11-13-27(14-12-26)23-25-20-10-5-17(2)16-21(20)30-23/h5-10,16H,3-4,11-15H2,1-2H3,(H,24,28). The average Bonchev–Trinajstić information content (AvgIpc) is 3.18. The number of unbranched alkanes of at least 4 members (excludes halogenated alkanes) is 1. The second-order valence-electron chi connectivity index (χ2n) is 7.60. The highest BCUT2D eigenvalue weighted by atomic mass is 32.1. The summed E-state index contributed by atoms with van der Waals surface area (Å²) in [4.78, 5) is 21.5. The van der Waals surface area contributed by atoms with E-state index in [0.29, 0.717) is 13.1 Å². The molecule has 0 aliphatic carbocycles. The summed E-state index contributed by atoms with van der Waals surface area (Å²) in [6, 6.07) is 13.9. The number of carbonyl (C=O) groups excluding carboxylic acids is 1. The summed E-state index contributed by atoms with van der Waals surface area (Å²) in [6.45, 7) is 7.90. The number of urea groups is 1. The monoisotopic (exact) mass is 424 g/mol. The van der Waals surface area contributed by atoms with Gasteiger partial charge in [-0.2, -0.15) is 0 Å². The smallest absolute Gasteiger partial charge is 0.321 e. The molecule has 0 atom stereocenters. The van der Waals surface area contributed by atoms with E-state index < -0.39 is 0 Å². The zero-order valence-electron chi connectivity index (χ0n) is 17.6. The number of amides is 2. The molecule has 0 spiro atoms. The fourth-order valence-corrected chi connectivity index (χ4v) is 4.54. The van der Waals surface area contributed by atoms with E-state index in [9.17, 15) is 4.79 Å². The van der Waals surface area contributed by atoms with E-state index in [0.717, 1.165) is 54.6 Å². The zero-order chi connectivity index (χ0) is 20.9. The van der Waals surface area contributed by atoms with Gasteiger partial charge in [0.25, 0.3) is 0 Å². The third-order valence-corrected chi connectivity index (χ3v) is 6.32. The molecule has 0 saturated carbocycles. The largest absolute Gasteiger partial charge is 0.494 e. The first-order valence-corrected chi connectivity index (χ1v) is 11.3. The van der Waals surface area contributed by atoms with Gasteiger partial charge in [0.1, 0.15) is 5.75 Å². The minimum Gasteiger partial charge on any atom is -0.494 e. The van der Waals surface area contributed by atoms with Crippen LogP contribution in [0.3, 0.4) is 0 Å². The van der Waals surface area contributed by atoms with E-state index >= 15 is 0 Å². The molecule has 4 rings (SSSR count). The van der Waals surface area contributed by atoms with Crippen LogP contribution in [-0.4, -0.2) is 48.7 Å². The molecule has 158 valence electrons. The Bertz CT molecular complexity index is 994. The molecule has 1 fully saturated rings. The highest BCUT2D eigenvalue weighted by molar-refractivity contribution is 7.22. The van der Waals surface area contributed by atoms with Crippen LogP contribution in [0.15, 0.2) is 42.5 Å². The molecule has 7 heteroatoms. The molecule has 6 nitrogen and oxygen atoms in total. The van der Waals surface area contributed by atoms with Gasteiger partial charge in [-0.1, -0.05) is 30.7 Å². The third-order valence-electron chi connectivity index (χ3n) is 5.24. The molecule has 2 aromatic carbocycles. The van der Waals surface area contributed by atoms with Crippen molar-refractivity contribution in [1.29, 1.82) is 0 Å². The number of anilines is 2. The summed E-state index contributed by atoms with van der Waals surface area (Å²) in [5.74, 6) is 0.834. The average molecular weight is 425 g/mol. The summed E-state index contributed by atoms with van der Waals surface area (Å²) < 4.78 is 6.89. The summed E-state index contributed by atoms with van der Waals surface area (Å²) in [5.41, 5.74) is 3.08. The van der Waals surface area contributed by atoms with Gasteiger partial charge in [0.05, 0.1) is 16.8 Å². The molecule has 1 aliphatic rings. The van der Waals surface area contributed by atoms with Crippen LogP contribution in [-0.2, 0) is 0 Å². The summed E-state index contributed by atoms with van der Waals surface area (Å²) in [6.07, 6.45) is 2.15. The SMILES string of the molecule is CCCCOc1ccc(NC(=O)N2CCN(c3nc4ccc(C)cc4s3)CC2)cc1. The highest BCUT2D eigenvalue weighted by Gasteiger charge is 2.23. The maximum absolute atomic E-state index is 12.6. The lowest BCUT2D eigenvalue weighted by atomic mass is 10.2. The summed E-state index contributed by atoms with van der Waals surface area (Å²) >= 11 is 1.72. The molecule has 2 heterocycles. The van der Waals surface area contributed by atoms with Gasteiger partial charge < -0.3 is 19.9 Å². The van der Waals surface area contributed by atoms with Crippen molar-refractivity contribution in [2.24, 2.45) is 0 Å². The highest BCUT2D eigenvalue weighted by Crippen LogP contribution is 2.30. The number of aromatic nitrogens is 1. The first-order valence-electron chi connectivity index (χ1n) is 10.5. The van der Waals surface area contributed by atoms with E-state index in [2.05, 4.69) is 42.3 Å². The molecule has 30 heavy (non-hydrogen) atoms. The number of aryl methyl sites for hydroxylation is 1. The van der Waals surface area contributed by atoms with E-state index in [1.807, 2.05) is 29.2 Å². The third kappa shape index (κ3) is 4.84. The van der Waals surface area contributed by atoms with Crippen molar-refractivity contribution in [3.05, 3.63) is 48.0 Å². The van der Waals surface area contributed by atoms with Gasteiger partial charge in [-0.25, -0.2) is 9.78 Å². The molecule has 1 saturated heterocycles. The van der Waals surface area contributed by atoms with Gasteiger partial charge in [0, 0.05) is 31.9 Å². The molecular formula is C23H28N4O2S. The Balaban J connectivity index is 1.29. The van der Waals surface area contributed by atoms with Gasteiger partial charge >= 0.3 is 6.03 Å². The normalized spacial score (nSPS) is 14.2. The van der Waals surface area contributed by atoms with Crippen LogP contribution in [0.4, 0.5) is 15.6 Å². The molecule has 0 radical (unpaired) electrons. The quantitative estimate of drug-likeness (QED) is 0.557. The van der Waals surface area contributed by atoms with Crippen LogP contribution in [0, 0.1) is 6.92 Å². The van der Waals surface area contributed by atoms with Crippen molar-refractivity contribution in [3.8, 4) is 5.75 Å². The Morgan fingerprint density at radius 3 is 2.63 bits per heavy atom. The van der Waals surface area contributed by atoms with Crippen LogP contribution in [0.25, 0.3) is 10.2 Å². The molecule has 1 aliphatic heterocycles. The molecule has 0 unspecified atom stereocenters. The van der Waals surface area contributed by atoms with Crippen molar-refractivity contribution >= 4 is 38.4 Å². The number of ether oxygens (including phenoxy) is 1. The zero-order valence-corrected chi connectivity index (χ0v) is 18.4. The van der Waals surface area contributed by atoms with E-state index in [1.165, 1.54) is 10.3 Å². The van der Waals surface area contributed by atoms with Gasteiger partial charge in [0.2, 0.25) is 0 Å². The van der Waals surface area contributed by atoms with Crippen molar-refractivity contribution in [3.63, 3.8) is 0 Å². The van der Waals surface area contributed by atoms with Crippen molar-refractivity contribution < 1.29 is 9.53 Å². The number of hydrogen-bond donors (Lipinski definition) is 1. The topological polar surface area (TPSA) is 57.7 Å². The van der Waals surface area contributed by atoms with Crippen molar-refractivity contribution in [2.75, 3.05) is 43.0 Å². The number of benzene rings is 2. The second-order valence-corrected chi connectivity index (χ2v) is 8.61. The number of nitrogens with zero attached hydrogens (tertiary/aromatic N) is 3. The molecule has 1 N–H and O–H groups in total. The van der Waals surface area contributed by atoms with Gasteiger partial charge in [0.15, 0.2) is 5.13 Å². The first kappa shape index (κ1) is 20.5. The molecule has 2 amide bonds. The lowest BCUT2D eigenvalue weighted by Gasteiger charge is -2.34. The number of nitrogens with one attached hydrogen (secondary N) is 1. The molecular weight excluding hydrogens is 396 g/mol. The summed E-state index contributed by atoms with van der Waals surface area (Å²) in [5, 5.41) is 4.02. The van der Waals surface area contributed by atoms with Crippen LogP contribution in [0.1, 0.15) is 25.3 Å². The molecule has 1 aromatic heterocycles. The first-order chi connectivity index (χ1) is 14.6. The lowest BCUT2D eigenvalue weighted by Crippen LogP contribution is -2.50. The molecule has 3 aromatic rings. The van der Waals surface area contributed by atoms with Crippen LogP contribution in [0.5, 0.6) is 5.75 Å². The lowest BCUT2D eigenvalue weighted by molar-refractivity contribution is 0.208. The van der Waals surface area contributed by atoms with Crippen LogP contribution in [0.2, 0.25) is 0 Å². The Morgan fingerprint density at radius 1 is 1.13 bits per heavy atom. The van der Waals surface area contributed by atoms with Crippen LogP contribution < -0.4 is 15.0 Å². The maximum atomic E-state index is 12.6. The van der Waals surface area contributed by atoms with Gasteiger partial charge in [-0.15, -0.1) is 0 Å². The summed E-state index contributed by atoms with van der Waals surface area (Å²) in [7, 11) is 0. The predicted molar refractivity (Wildman–Crippen MR) is 124 cm³/mol. The minimum atomic E-state index is -0.0609. The number of rotatable bonds is 6. The Kier molecular flexibility index (Phi) is 6.38. The van der Waals surface area contributed by atoms with E-state index in [-0.39, 0.29) is 6.03 Å². The van der Waals surface area contributed by atoms with E-state index in [4.69, 9.17) is 9.72 Å². The van der Waals surface area contributed by atoms with Crippen molar-refractivity contribution in [2.45, 2.75) is 26.7 Å². The Hall–Kier alpha value is -2.80. The Morgan fingerprint density at radius 2 is 1.90 bits per heavy atom. The second kappa shape index (κ2) is 9.34.